The standard InChI is InChI=1S/C26H25N3O4/c1-3-31-23-12-10-22(11-13-23)26(30)29-28-17-21-9-14-24(25(15-21)32-4-2)33-18-20-7-5-19(16-27)6-8-20/h5-15,17H,3-4,18H2,1-2H3,(H,29,30)/b28-17+. The van der Waals surface area contributed by atoms with Gasteiger partial charge in [0.25, 0.3) is 5.91 Å². The van der Waals surface area contributed by atoms with Crippen LogP contribution in [0.25, 0.3) is 0 Å². The van der Waals surface area contributed by atoms with Gasteiger partial charge in [0.1, 0.15) is 12.4 Å². The Morgan fingerprint density at radius 1 is 0.939 bits per heavy atom. The van der Waals surface area contributed by atoms with E-state index in [1.54, 1.807) is 54.7 Å². The Bertz CT molecular complexity index is 1130. The van der Waals surface area contributed by atoms with Gasteiger partial charge in [-0.15, -0.1) is 0 Å². The topological polar surface area (TPSA) is 92.9 Å². The van der Waals surface area contributed by atoms with Crippen LogP contribution in [0, 0.1) is 11.3 Å². The Kier molecular flexibility index (Phi) is 8.43. The lowest BCUT2D eigenvalue weighted by molar-refractivity contribution is 0.0955. The van der Waals surface area contributed by atoms with Gasteiger partial charge < -0.3 is 14.2 Å². The molecule has 0 aliphatic rings. The summed E-state index contributed by atoms with van der Waals surface area (Å²) < 4.78 is 17.0. The molecule has 0 fully saturated rings. The molecule has 3 aromatic rings. The SMILES string of the molecule is CCOc1ccc(C(=O)N/N=C/c2ccc(OCc3ccc(C#N)cc3)c(OCC)c2)cc1. The summed E-state index contributed by atoms with van der Waals surface area (Å²) in [5.74, 6) is 1.56. The van der Waals surface area contributed by atoms with Crippen LogP contribution in [0.3, 0.4) is 0 Å². The summed E-state index contributed by atoms with van der Waals surface area (Å²) in [4.78, 5) is 12.3. The van der Waals surface area contributed by atoms with Crippen molar-refractivity contribution in [2.75, 3.05) is 13.2 Å². The molecule has 0 bridgehead atoms. The molecular weight excluding hydrogens is 418 g/mol. The molecule has 0 heterocycles. The lowest BCUT2D eigenvalue weighted by Crippen LogP contribution is -2.17. The molecule has 0 aliphatic carbocycles. The molecule has 1 amide bonds. The summed E-state index contributed by atoms with van der Waals surface area (Å²) in [6.07, 6.45) is 1.54. The minimum atomic E-state index is -0.318. The van der Waals surface area contributed by atoms with E-state index in [9.17, 15) is 4.79 Å². The van der Waals surface area contributed by atoms with E-state index in [-0.39, 0.29) is 5.91 Å². The smallest absolute Gasteiger partial charge is 0.271 e. The lowest BCUT2D eigenvalue weighted by atomic mass is 10.1. The molecule has 7 heteroatoms. The number of benzene rings is 3. The van der Waals surface area contributed by atoms with Crippen molar-refractivity contribution in [1.82, 2.24) is 5.43 Å². The molecule has 3 rings (SSSR count). The number of ether oxygens (including phenoxy) is 3. The molecule has 0 saturated carbocycles. The third-order valence-electron chi connectivity index (χ3n) is 4.55. The van der Waals surface area contributed by atoms with Crippen molar-refractivity contribution in [2.45, 2.75) is 20.5 Å². The normalized spacial score (nSPS) is 10.5. The van der Waals surface area contributed by atoms with Gasteiger partial charge in [-0.05, 0) is 79.6 Å². The maximum atomic E-state index is 12.3. The van der Waals surface area contributed by atoms with Crippen LogP contribution in [-0.4, -0.2) is 25.3 Å². The van der Waals surface area contributed by atoms with Crippen LogP contribution in [0.4, 0.5) is 0 Å². The van der Waals surface area contributed by atoms with Gasteiger partial charge in [0.2, 0.25) is 0 Å². The highest BCUT2D eigenvalue weighted by Crippen LogP contribution is 2.29. The van der Waals surface area contributed by atoms with E-state index in [1.807, 2.05) is 32.0 Å². The molecule has 0 spiro atoms. The van der Waals surface area contributed by atoms with Gasteiger partial charge >= 0.3 is 0 Å². The van der Waals surface area contributed by atoms with Crippen molar-refractivity contribution >= 4 is 12.1 Å². The van der Waals surface area contributed by atoms with Crippen LogP contribution < -0.4 is 19.6 Å². The van der Waals surface area contributed by atoms with E-state index in [1.165, 1.54) is 0 Å². The highest BCUT2D eigenvalue weighted by molar-refractivity contribution is 5.95. The number of carbonyl (C=O) groups is 1. The first-order valence-electron chi connectivity index (χ1n) is 10.6. The van der Waals surface area contributed by atoms with Gasteiger partial charge in [0, 0.05) is 5.56 Å². The summed E-state index contributed by atoms with van der Waals surface area (Å²) in [7, 11) is 0. The van der Waals surface area contributed by atoms with Gasteiger partial charge in [-0.25, -0.2) is 5.43 Å². The monoisotopic (exact) mass is 443 g/mol. The van der Waals surface area contributed by atoms with Crippen LogP contribution in [0.1, 0.15) is 40.9 Å². The first-order chi connectivity index (χ1) is 16.1. The number of nitriles is 1. The number of nitrogens with one attached hydrogen (secondary N) is 1. The average molecular weight is 444 g/mol. The van der Waals surface area contributed by atoms with Gasteiger partial charge in [0.15, 0.2) is 11.5 Å². The lowest BCUT2D eigenvalue weighted by Gasteiger charge is -2.12. The van der Waals surface area contributed by atoms with Crippen molar-refractivity contribution in [2.24, 2.45) is 5.10 Å². The summed E-state index contributed by atoms with van der Waals surface area (Å²) in [6, 6.07) is 21.6. The molecule has 7 nitrogen and oxygen atoms in total. The van der Waals surface area contributed by atoms with Crippen LogP contribution in [0.5, 0.6) is 17.2 Å². The van der Waals surface area contributed by atoms with Crippen molar-refractivity contribution in [3.63, 3.8) is 0 Å². The maximum Gasteiger partial charge on any atom is 0.271 e. The van der Waals surface area contributed by atoms with Crippen molar-refractivity contribution < 1.29 is 19.0 Å². The molecule has 0 aliphatic heterocycles. The largest absolute Gasteiger partial charge is 0.494 e. The predicted octanol–water partition coefficient (Wildman–Crippen LogP) is 4.70. The first kappa shape index (κ1) is 23.4. The Labute approximate surface area is 193 Å². The molecule has 0 aromatic heterocycles. The molecule has 168 valence electrons. The minimum absolute atomic E-state index is 0.318. The molecule has 33 heavy (non-hydrogen) atoms. The average Bonchev–Trinajstić information content (AvgIpc) is 2.84. The number of hydrogen-bond donors (Lipinski definition) is 1. The zero-order chi connectivity index (χ0) is 23.5. The zero-order valence-electron chi connectivity index (χ0n) is 18.6. The van der Waals surface area contributed by atoms with Crippen LogP contribution in [0.2, 0.25) is 0 Å². The summed E-state index contributed by atoms with van der Waals surface area (Å²) in [6.45, 7) is 5.18. The number of amides is 1. The van der Waals surface area contributed by atoms with Crippen molar-refractivity contribution in [3.8, 4) is 23.3 Å². The number of hydrazone groups is 1. The fourth-order valence-corrected chi connectivity index (χ4v) is 2.93. The van der Waals surface area contributed by atoms with Crippen molar-refractivity contribution in [1.29, 1.82) is 5.26 Å². The molecular formula is C26H25N3O4. The number of rotatable bonds is 10. The first-order valence-corrected chi connectivity index (χ1v) is 10.6. The van der Waals surface area contributed by atoms with E-state index < -0.39 is 0 Å². The Balaban J connectivity index is 1.61. The molecule has 0 unspecified atom stereocenters. The second-order valence-corrected chi connectivity index (χ2v) is 6.89. The minimum Gasteiger partial charge on any atom is -0.494 e. The summed E-state index contributed by atoms with van der Waals surface area (Å²) >= 11 is 0. The molecule has 1 N–H and O–H groups in total. The second-order valence-electron chi connectivity index (χ2n) is 6.89. The Hall–Kier alpha value is -4.31. The zero-order valence-corrected chi connectivity index (χ0v) is 18.6. The van der Waals surface area contributed by atoms with Gasteiger partial charge in [-0.3, -0.25) is 4.79 Å². The summed E-state index contributed by atoms with van der Waals surface area (Å²) in [5.41, 5.74) is 5.29. The number of carbonyl (C=O) groups excluding carboxylic acids is 1. The fraction of sp³-hybridized carbons (Fsp3) is 0.192. The number of nitrogens with zero attached hydrogens (tertiary/aromatic N) is 2. The molecule has 0 radical (unpaired) electrons. The van der Waals surface area contributed by atoms with E-state index in [0.717, 1.165) is 11.1 Å². The van der Waals surface area contributed by atoms with Crippen LogP contribution in [0.15, 0.2) is 71.8 Å². The number of hydrogen-bond acceptors (Lipinski definition) is 6. The highest BCUT2D eigenvalue weighted by atomic mass is 16.5. The maximum absolute atomic E-state index is 12.3. The summed E-state index contributed by atoms with van der Waals surface area (Å²) in [5, 5.41) is 12.9. The van der Waals surface area contributed by atoms with E-state index in [4.69, 9.17) is 19.5 Å². The molecule has 3 aromatic carbocycles. The van der Waals surface area contributed by atoms with Crippen LogP contribution >= 0.6 is 0 Å². The van der Waals surface area contributed by atoms with Crippen LogP contribution in [-0.2, 0) is 6.61 Å². The molecule has 0 saturated heterocycles. The quantitative estimate of drug-likeness (QED) is 0.362. The van der Waals surface area contributed by atoms with Crippen molar-refractivity contribution in [3.05, 3.63) is 89.0 Å². The van der Waals surface area contributed by atoms with Gasteiger partial charge in [-0.2, -0.15) is 10.4 Å². The second kappa shape index (κ2) is 11.9. The van der Waals surface area contributed by atoms with Gasteiger partial charge in [-0.1, -0.05) is 12.1 Å². The third-order valence-corrected chi connectivity index (χ3v) is 4.55. The van der Waals surface area contributed by atoms with E-state index in [0.29, 0.717) is 48.2 Å². The predicted molar refractivity (Wildman–Crippen MR) is 126 cm³/mol. The molecule has 0 atom stereocenters. The Morgan fingerprint density at radius 3 is 2.33 bits per heavy atom. The van der Waals surface area contributed by atoms with Gasteiger partial charge in [0.05, 0.1) is 31.1 Å². The Morgan fingerprint density at radius 2 is 1.67 bits per heavy atom. The van der Waals surface area contributed by atoms with E-state index >= 15 is 0 Å². The fourth-order valence-electron chi connectivity index (χ4n) is 2.93. The van der Waals surface area contributed by atoms with E-state index in [2.05, 4.69) is 16.6 Å². The third kappa shape index (κ3) is 6.84. The highest BCUT2D eigenvalue weighted by Gasteiger charge is 2.08.